The van der Waals surface area contributed by atoms with E-state index in [-0.39, 0.29) is 49.1 Å². The Balaban J connectivity index is 4.50. The van der Waals surface area contributed by atoms with Crippen LogP contribution in [-0.2, 0) is 28.6 Å². The van der Waals surface area contributed by atoms with Gasteiger partial charge in [0.05, 0.1) is 40.3 Å². The number of hydrogen-bond acceptors (Lipinski definition) is 7. The van der Waals surface area contributed by atoms with Crippen LogP contribution in [0.2, 0.25) is 0 Å². The highest BCUT2D eigenvalue weighted by atomic mass is 16.6. The summed E-state index contributed by atoms with van der Waals surface area (Å²) in [6, 6.07) is -0.735. The van der Waals surface area contributed by atoms with Crippen molar-refractivity contribution in [2.45, 2.75) is 142 Å². The number of likely N-dealkylation sites (N-methyl/N-ethyl adjacent to an activating group) is 1. The van der Waals surface area contributed by atoms with Crippen LogP contribution in [-0.4, -0.2) is 75.5 Å². The van der Waals surface area contributed by atoms with Crippen LogP contribution >= 0.6 is 0 Å². The minimum absolute atomic E-state index is 0.0204. The molecule has 8 heteroatoms. The van der Waals surface area contributed by atoms with Crippen molar-refractivity contribution in [3.05, 3.63) is 72.9 Å². The molecule has 0 aliphatic heterocycles. The SMILES string of the molecule is CC/C=C/C=C/C=C/CCCCCCCC(=O)OCC(COCCC(C(=O)[O-])[N+](C)(C)C)OC(=O)CCCCCC/C=C/C/C=C/C/C=C/CC. The van der Waals surface area contributed by atoms with Gasteiger partial charge in [-0.1, -0.05) is 119 Å². The normalized spacial score (nSPS) is 13.8. The van der Waals surface area contributed by atoms with Gasteiger partial charge in [-0.05, 0) is 64.2 Å². The third-order valence-electron chi connectivity index (χ3n) is 8.15. The minimum atomic E-state index is -1.14. The molecule has 0 aromatic rings. The van der Waals surface area contributed by atoms with Crippen molar-refractivity contribution in [3.63, 3.8) is 0 Å². The smallest absolute Gasteiger partial charge is 0.306 e. The molecule has 0 aliphatic rings. The number of esters is 2. The fraction of sp³-hybridized carbons (Fsp3) is 0.651. The van der Waals surface area contributed by atoms with E-state index in [9.17, 15) is 19.5 Å². The molecular weight excluding hydrogens is 642 g/mol. The topological polar surface area (TPSA) is 102 Å². The zero-order valence-corrected chi connectivity index (χ0v) is 32.7. The van der Waals surface area contributed by atoms with Gasteiger partial charge in [-0.2, -0.15) is 0 Å². The van der Waals surface area contributed by atoms with Crippen LogP contribution in [0.4, 0.5) is 0 Å². The number of aliphatic carboxylic acids is 1. The monoisotopic (exact) mass is 714 g/mol. The molecule has 2 atom stereocenters. The number of nitrogens with zero attached hydrogens (tertiary/aromatic N) is 1. The maximum Gasteiger partial charge on any atom is 0.306 e. The van der Waals surface area contributed by atoms with E-state index in [1.165, 1.54) is 0 Å². The van der Waals surface area contributed by atoms with Gasteiger partial charge in [-0.25, -0.2) is 0 Å². The van der Waals surface area contributed by atoms with E-state index >= 15 is 0 Å². The van der Waals surface area contributed by atoms with E-state index in [1.807, 2.05) is 12.2 Å². The van der Waals surface area contributed by atoms with Crippen LogP contribution in [0.5, 0.6) is 0 Å². The number of ether oxygens (including phenoxy) is 3. The lowest BCUT2D eigenvalue weighted by Gasteiger charge is -2.34. The minimum Gasteiger partial charge on any atom is -0.544 e. The second kappa shape index (κ2) is 33.9. The summed E-state index contributed by atoms with van der Waals surface area (Å²) in [5.74, 6) is -1.81. The molecule has 0 rings (SSSR count). The zero-order chi connectivity index (χ0) is 37.8. The number of carbonyl (C=O) groups is 3. The molecular formula is C43H71NO7. The summed E-state index contributed by atoms with van der Waals surface area (Å²) in [6.07, 6.45) is 40.7. The van der Waals surface area contributed by atoms with E-state index < -0.39 is 18.1 Å². The first-order valence-corrected chi connectivity index (χ1v) is 19.5. The molecule has 0 saturated carbocycles. The highest BCUT2D eigenvalue weighted by Gasteiger charge is 2.25. The largest absolute Gasteiger partial charge is 0.544 e. The highest BCUT2D eigenvalue weighted by molar-refractivity contribution is 5.70. The van der Waals surface area contributed by atoms with E-state index in [1.54, 1.807) is 21.1 Å². The summed E-state index contributed by atoms with van der Waals surface area (Å²) in [7, 11) is 5.37. The molecule has 0 fully saturated rings. The van der Waals surface area contributed by atoms with Crippen molar-refractivity contribution < 1.29 is 38.2 Å². The Morgan fingerprint density at radius 1 is 0.608 bits per heavy atom. The number of allylic oxidation sites excluding steroid dienone is 12. The van der Waals surface area contributed by atoms with Crippen molar-refractivity contribution >= 4 is 17.9 Å². The van der Waals surface area contributed by atoms with E-state index in [0.717, 1.165) is 96.3 Å². The first-order chi connectivity index (χ1) is 24.6. The maximum atomic E-state index is 12.6. The average molecular weight is 714 g/mol. The maximum absolute atomic E-state index is 12.6. The number of unbranched alkanes of at least 4 members (excludes halogenated alkanes) is 9. The summed E-state index contributed by atoms with van der Waals surface area (Å²) in [4.78, 5) is 36.7. The molecule has 0 heterocycles. The lowest BCUT2D eigenvalue weighted by atomic mass is 10.1. The molecule has 0 radical (unpaired) electrons. The van der Waals surface area contributed by atoms with Crippen molar-refractivity contribution in [3.8, 4) is 0 Å². The number of rotatable bonds is 33. The number of carbonyl (C=O) groups excluding carboxylic acids is 3. The predicted octanol–water partition coefficient (Wildman–Crippen LogP) is 8.68. The summed E-state index contributed by atoms with van der Waals surface area (Å²) in [6.45, 7) is 4.34. The summed E-state index contributed by atoms with van der Waals surface area (Å²) < 4.78 is 17.0. The molecule has 0 aromatic carbocycles. The number of carboxylic acid groups (broad SMARTS) is 1. The van der Waals surface area contributed by atoms with Gasteiger partial charge < -0.3 is 28.6 Å². The van der Waals surface area contributed by atoms with Crippen LogP contribution in [0.3, 0.4) is 0 Å². The van der Waals surface area contributed by atoms with Gasteiger partial charge in [0.15, 0.2) is 6.10 Å². The molecule has 0 aliphatic carbocycles. The van der Waals surface area contributed by atoms with Gasteiger partial charge in [-0.3, -0.25) is 9.59 Å². The lowest BCUT2D eigenvalue weighted by molar-refractivity contribution is -0.889. The summed E-state index contributed by atoms with van der Waals surface area (Å²) in [5.41, 5.74) is 0. The van der Waals surface area contributed by atoms with E-state index in [2.05, 4.69) is 74.6 Å². The lowest BCUT2D eigenvalue weighted by Crippen LogP contribution is -2.55. The van der Waals surface area contributed by atoms with Gasteiger partial charge >= 0.3 is 11.9 Å². The molecule has 0 saturated heterocycles. The van der Waals surface area contributed by atoms with Crippen molar-refractivity contribution in [1.29, 1.82) is 0 Å². The Labute approximate surface area is 311 Å². The number of carboxylic acids is 1. The van der Waals surface area contributed by atoms with Gasteiger partial charge in [-0.15, -0.1) is 0 Å². The third kappa shape index (κ3) is 32.4. The predicted molar refractivity (Wildman–Crippen MR) is 208 cm³/mol. The van der Waals surface area contributed by atoms with Crippen LogP contribution in [0.15, 0.2) is 72.9 Å². The Bertz CT molecular complexity index is 1060. The Morgan fingerprint density at radius 3 is 1.75 bits per heavy atom. The molecule has 8 nitrogen and oxygen atoms in total. The van der Waals surface area contributed by atoms with Gasteiger partial charge in [0.25, 0.3) is 0 Å². The van der Waals surface area contributed by atoms with Crippen molar-refractivity contribution in [2.24, 2.45) is 0 Å². The molecule has 0 N–H and O–H groups in total. The first kappa shape index (κ1) is 47.8. The molecule has 0 amide bonds. The fourth-order valence-corrected chi connectivity index (χ4v) is 5.14. The standard InChI is InChI=1S/C43H71NO7/c1-6-8-10-12-14-16-18-20-22-24-26-28-30-32-34-42(46)51-39(37-49-36-35-40(43(47)48)44(3,4)5)38-50-41(45)33-31-29-27-25-23-21-19-17-15-13-11-9-7-2/h8-11,13-17,19-20,22,39-40H,6-7,12,18,21,23-38H2,1-5H3/b10-8+,11-9+,15-13+,16-14+,19-17+,22-20+. The van der Waals surface area contributed by atoms with Crippen LogP contribution in [0.25, 0.3) is 0 Å². The van der Waals surface area contributed by atoms with E-state index in [0.29, 0.717) is 6.42 Å². The van der Waals surface area contributed by atoms with Crippen LogP contribution in [0.1, 0.15) is 129 Å². The van der Waals surface area contributed by atoms with Crippen molar-refractivity contribution in [2.75, 3.05) is 41.0 Å². The summed E-state index contributed by atoms with van der Waals surface area (Å²) >= 11 is 0. The third-order valence-corrected chi connectivity index (χ3v) is 8.15. The summed E-state index contributed by atoms with van der Waals surface area (Å²) in [5, 5.41) is 11.6. The Hall–Kier alpha value is -3.23. The van der Waals surface area contributed by atoms with E-state index in [4.69, 9.17) is 14.2 Å². The number of hydrogen-bond donors (Lipinski definition) is 0. The second-order valence-electron chi connectivity index (χ2n) is 13.8. The second-order valence-corrected chi connectivity index (χ2v) is 13.8. The molecule has 0 aromatic heterocycles. The average Bonchev–Trinajstić information content (AvgIpc) is 3.08. The van der Waals surface area contributed by atoms with Gasteiger partial charge in [0, 0.05) is 19.3 Å². The number of quaternary nitrogens is 1. The van der Waals surface area contributed by atoms with Gasteiger partial charge in [0.1, 0.15) is 12.6 Å². The van der Waals surface area contributed by atoms with Gasteiger partial charge in [0.2, 0.25) is 0 Å². The molecule has 51 heavy (non-hydrogen) atoms. The molecule has 0 spiro atoms. The molecule has 2 unspecified atom stereocenters. The van der Waals surface area contributed by atoms with Crippen LogP contribution in [0, 0.1) is 0 Å². The Morgan fingerprint density at radius 2 is 1.14 bits per heavy atom. The van der Waals surface area contributed by atoms with Crippen molar-refractivity contribution in [1.82, 2.24) is 0 Å². The molecule has 290 valence electrons. The molecule has 0 bridgehead atoms. The first-order valence-electron chi connectivity index (χ1n) is 19.5. The highest BCUT2D eigenvalue weighted by Crippen LogP contribution is 2.12. The zero-order valence-electron chi connectivity index (χ0n) is 32.7. The Kier molecular flexibility index (Phi) is 31.7. The van der Waals surface area contributed by atoms with Crippen LogP contribution < -0.4 is 5.11 Å². The fourth-order valence-electron chi connectivity index (χ4n) is 5.14. The quantitative estimate of drug-likeness (QED) is 0.0221.